The van der Waals surface area contributed by atoms with Gasteiger partial charge in [0.05, 0.1) is 0 Å². The molecule has 0 spiro atoms. The lowest BCUT2D eigenvalue weighted by molar-refractivity contribution is 0.682. The SMILES string of the molecule is Brc1cc(Br)c2c(c1)CCCC2. The number of fused-ring (bicyclic) bond motifs is 1. The lowest BCUT2D eigenvalue weighted by Gasteiger charge is -2.17. The van der Waals surface area contributed by atoms with E-state index in [1.165, 1.54) is 45.8 Å². The Morgan fingerprint density at radius 2 is 1.75 bits per heavy atom. The molecule has 1 aromatic carbocycles. The van der Waals surface area contributed by atoms with Crippen molar-refractivity contribution in [3.05, 3.63) is 32.2 Å². The van der Waals surface area contributed by atoms with E-state index in [1.807, 2.05) is 0 Å². The summed E-state index contributed by atoms with van der Waals surface area (Å²) in [5.74, 6) is 0. The van der Waals surface area contributed by atoms with Gasteiger partial charge in [-0.15, -0.1) is 0 Å². The van der Waals surface area contributed by atoms with Crippen molar-refractivity contribution < 1.29 is 0 Å². The van der Waals surface area contributed by atoms with E-state index >= 15 is 0 Å². The Hall–Kier alpha value is 0.180. The third kappa shape index (κ3) is 1.60. The Morgan fingerprint density at radius 3 is 2.58 bits per heavy atom. The van der Waals surface area contributed by atoms with Gasteiger partial charge in [-0.2, -0.15) is 0 Å². The highest BCUT2D eigenvalue weighted by atomic mass is 79.9. The number of benzene rings is 1. The average molecular weight is 290 g/mol. The molecule has 0 unspecified atom stereocenters. The lowest BCUT2D eigenvalue weighted by atomic mass is 9.92. The summed E-state index contributed by atoms with van der Waals surface area (Å²) in [5, 5.41) is 0. The van der Waals surface area contributed by atoms with Crippen molar-refractivity contribution in [3.63, 3.8) is 0 Å². The first-order valence-electron chi connectivity index (χ1n) is 4.24. The van der Waals surface area contributed by atoms with Crippen molar-refractivity contribution in [2.75, 3.05) is 0 Å². The van der Waals surface area contributed by atoms with Crippen molar-refractivity contribution in [1.82, 2.24) is 0 Å². The van der Waals surface area contributed by atoms with Crippen LogP contribution >= 0.6 is 31.9 Å². The summed E-state index contributed by atoms with van der Waals surface area (Å²) in [7, 11) is 0. The number of hydrogen-bond donors (Lipinski definition) is 0. The molecule has 0 radical (unpaired) electrons. The minimum absolute atomic E-state index is 1.19. The van der Waals surface area contributed by atoms with E-state index in [2.05, 4.69) is 44.0 Å². The second kappa shape index (κ2) is 3.51. The predicted molar refractivity (Wildman–Crippen MR) is 58.5 cm³/mol. The molecule has 1 aromatic rings. The summed E-state index contributed by atoms with van der Waals surface area (Å²) >= 11 is 7.11. The van der Waals surface area contributed by atoms with Crippen LogP contribution in [0.3, 0.4) is 0 Å². The summed E-state index contributed by atoms with van der Waals surface area (Å²) in [6.45, 7) is 0. The van der Waals surface area contributed by atoms with Crippen molar-refractivity contribution in [2.24, 2.45) is 0 Å². The van der Waals surface area contributed by atoms with E-state index < -0.39 is 0 Å². The number of rotatable bonds is 0. The first-order chi connectivity index (χ1) is 5.77. The van der Waals surface area contributed by atoms with E-state index in [9.17, 15) is 0 Å². The Balaban J connectivity index is 2.53. The Morgan fingerprint density at radius 1 is 1.00 bits per heavy atom. The lowest BCUT2D eigenvalue weighted by Crippen LogP contribution is -2.03. The largest absolute Gasteiger partial charge is 0.0508 e. The van der Waals surface area contributed by atoms with Crippen molar-refractivity contribution in [1.29, 1.82) is 0 Å². The molecule has 1 aliphatic rings. The van der Waals surface area contributed by atoms with Crippen LogP contribution in [0.25, 0.3) is 0 Å². The molecule has 0 saturated heterocycles. The van der Waals surface area contributed by atoms with Gasteiger partial charge in [0.1, 0.15) is 0 Å². The van der Waals surface area contributed by atoms with Gasteiger partial charge < -0.3 is 0 Å². The molecular formula is C10H10Br2. The number of halogens is 2. The van der Waals surface area contributed by atoms with Gasteiger partial charge in [-0.05, 0) is 48.9 Å². The van der Waals surface area contributed by atoms with Crippen LogP contribution in [0.1, 0.15) is 24.0 Å². The van der Waals surface area contributed by atoms with Gasteiger partial charge in [0.2, 0.25) is 0 Å². The van der Waals surface area contributed by atoms with Gasteiger partial charge in [0, 0.05) is 8.95 Å². The average Bonchev–Trinajstić information content (AvgIpc) is 2.04. The normalized spacial score (nSPS) is 15.8. The molecule has 0 atom stereocenters. The van der Waals surface area contributed by atoms with Gasteiger partial charge in [-0.3, -0.25) is 0 Å². The molecule has 2 rings (SSSR count). The quantitative estimate of drug-likeness (QED) is 0.675. The fourth-order valence-corrected chi connectivity index (χ4v) is 3.29. The highest BCUT2D eigenvalue weighted by Gasteiger charge is 2.12. The smallest absolute Gasteiger partial charge is 0.0221 e. The van der Waals surface area contributed by atoms with Crippen LogP contribution in [-0.4, -0.2) is 0 Å². The van der Waals surface area contributed by atoms with Crippen LogP contribution in [0.4, 0.5) is 0 Å². The van der Waals surface area contributed by atoms with Gasteiger partial charge >= 0.3 is 0 Å². The van der Waals surface area contributed by atoms with Gasteiger partial charge in [-0.1, -0.05) is 31.9 Å². The molecule has 0 aromatic heterocycles. The van der Waals surface area contributed by atoms with E-state index in [4.69, 9.17) is 0 Å². The molecule has 0 bridgehead atoms. The van der Waals surface area contributed by atoms with Crippen LogP contribution < -0.4 is 0 Å². The van der Waals surface area contributed by atoms with Crippen molar-refractivity contribution in [3.8, 4) is 0 Å². The van der Waals surface area contributed by atoms with Crippen LogP contribution in [0.15, 0.2) is 21.1 Å². The zero-order valence-electron chi connectivity index (χ0n) is 6.74. The highest BCUT2D eigenvalue weighted by Crippen LogP contribution is 2.31. The first-order valence-corrected chi connectivity index (χ1v) is 5.83. The molecule has 0 saturated carbocycles. The molecule has 12 heavy (non-hydrogen) atoms. The second-order valence-electron chi connectivity index (χ2n) is 3.23. The molecule has 0 N–H and O–H groups in total. The van der Waals surface area contributed by atoms with Gasteiger partial charge in [0.25, 0.3) is 0 Å². The van der Waals surface area contributed by atoms with Crippen LogP contribution in [0.2, 0.25) is 0 Å². The Labute approximate surface area is 89.6 Å². The second-order valence-corrected chi connectivity index (χ2v) is 5.00. The van der Waals surface area contributed by atoms with Gasteiger partial charge in [0.15, 0.2) is 0 Å². The fraction of sp³-hybridized carbons (Fsp3) is 0.400. The number of hydrogen-bond acceptors (Lipinski definition) is 0. The minimum atomic E-state index is 1.19. The fourth-order valence-electron chi connectivity index (χ4n) is 1.78. The third-order valence-corrected chi connectivity index (χ3v) is 3.54. The first kappa shape index (κ1) is 8.76. The van der Waals surface area contributed by atoms with Gasteiger partial charge in [-0.25, -0.2) is 0 Å². The van der Waals surface area contributed by atoms with E-state index in [0.717, 1.165) is 0 Å². The van der Waals surface area contributed by atoms with Crippen LogP contribution in [0, 0.1) is 0 Å². The Bertz CT molecular complexity index is 305. The standard InChI is InChI=1S/C10H10Br2/c11-8-5-7-3-1-2-4-9(7)10(12)6-8/h5-6H,1-4H2. The van der Waals surface area contributed by atoms with Crippen LogP contribution in [0.5, 0.6) is 0 Å². The maximum atomic E-state index is 3.60. The maximum absolute atomic E-state index is 3.60. The van der Waals surface area contributed by atoms with E-state index in [0.29, 0.717) is 0 Å². The van der Waals surface area contributed by atoms with E-state index in [-0.39, 0.29) is 0 Å². The summed E-state index contributed by atoms with van der Waals surface area (Å²) in [5.41, 5.74) is 3.03. The van der Waals surface area contributed by atoms with E-state index in [1.54, 1.807) is 0 Å². The third-order valence-electron chi connectivity index (χ3n) is 2.38. The zero-order chi connectivity index (χ0) is 8.55. The topological polar surface area (TPSA) is 0 Å². The summed E-state index contributed by atoms with van der Waals surface area (Å²) in [4.78, 5) is 0. The molecule has 0 fully saturated rings. The molecule has 0 aliphatic heterocycles. The minimum Gasteiger partial charge on any atom is -0.0508 e. The molecule has 1 aliphatic carbocycles. The molecule has 0 amide bonds. The van der Waals surface area contributed by atoms with Crippen LogP contribution in [-0.2, 0) is 12.8 Å². The molecule has 0 heterocycles. The zero-order valence-corrected chi connectivity index (χ0v) is 9.91. The Kier molecular flexibility index (Phi) is 2.56. The molecule has 2 heteroatoms. The molecular weight excluding hydrogens is 280 g/mol. The summed E-state index contributed by atoms with van der Waals surface area (Å²) in [6, 6.07) is 4.39. The molecule has 64 valence electrons. The number of aryl methyl sites for hydroxylation is 1. The maximum Gasteiger partial charge on any atom is 0.0221 e. The summed E-state index contributed by atoms with van der Waals surface area (Å²) < 4.78 is 2.46. The summed E-state index contributed by atoms with van der Waals surface area (Å²) in [6.07, 6.45) is 5.17. The monoisotopic (exact) mass is 288 g/mol. The highest BCUT2D eigenvalue weighted by molar-refractivity contribution is 9.11. The molecule has 0 nitrogen and oxygen atoms in total. The van der Waals surface area contributed by atoms with Crippen molar-refractivity contribution in [2.45, 2.75) is 25.7 Å². The predicted octanol–water partition coefficient (Wildman–Crippen LogP) is 4.09. The van der Waals surface area contributed by atoms with Crippen molar-refractivity contribution >= 4 is 31.9 Å².